The van der Waals surface area contributed by atoms with Crippen LogP contribution in [0, 0.1) is 29.0 Å². The summed E-state index contributed by atoms with van der Waals surface area (Å²) in [7, 11) is 0. The Hall–Kier alpha value is -1.69. The summed E-state index contributed by atoms with van der Waals surface area (Å²) in [6, 6.07) is 7.82. The molecule has 1 fully saturated rings. The average Bonchev–Trinajstić information content (AvgIpc) is 2.76. The van der Waals surface area contributed by atoms with Gasteiger partial charge in [0.25, 0.3) is 0 Å². The Kier molecular flexibility index (Phi) is 3.76. The second-order valence-corrected chi connectivity index (χ2v) is 5.03. The third kappa shape index (κ3) is 2.43. The number of hydrogen-bond acceptors (Lipinski definition) is 2. The SMILES string of the molecule is CC1CCCC1C(=O)C(C#N)c1cccc(F)c1. The Morgan fingerprint density at radius 1 is 1.50 bits per heavy atom. The number of hydrogen-bond donors (Lipinski definition) is 0. The number of carbonyl (C=O) groups excluding carboxylic acids is 1. The predicted molar refractivity (Wildman–Crippen MR) is 66.3 cm³/mol. The molecule has 3 atom stereocenters. The molecule has 1 saturated carbocycles. The van der Waals surface area contributed by atoms with Crippen LogP contribution in [0.5, 0.6) is 0 Å². The van der Waals surface area contributed by atoms with Crippen molar-refractivity contribution in [3.8, 4) is 6.07 Å². The second kappa shape index (κ2) is 5.30. The lowest BCUT2D eigenvalue weighted by atomic mass is 9.83. The lowest BCUT2D eigenvalue weighted by Gasteiger charge is -2.17. The highest BCUT2D eigenvalue weighted by molar-refractivity contribution is 5.90. The van der Waals surface area contributed by atoms with Crippen LogP contribution in [0.2, 0.25) is 0 Å². The summed E-state index contributed by atoms with van der Waals surface area (Å²) in [6.45, 7) is 2.05. The maximum Gasteiger partial charge on any atom is 0.157 e. The van der Waals surface area contributed by atoms with Crippen molar-refractivity contribution in [1.82, 2.24) is 0 Å². The molecular formula is C15H16FNO. The number of nitriles is 1. The van der Waals surface area contributed by atoms with Crippen LogP contribution in [-0.4, -0.2) is 5.78 Å². The lowest BCUT2D eigenvalue weighted by molar-refractivity contribution is -0.124. The van der Waals surface area contributed by atoms with Crippen molar-refractivity contribution in [3.05, 3.63) is 35.6 Å². The Morgan fingerprint density at radius 3 is 2.83 bits per heavy atom. The number of ketones is 1. The maximum atomic E-state index is 13.2. The topological polar surface area (TPSA) is 40.9 Å². The van der Waals surface area contributed by atoms with Gasteiger partial charge in [-0.15, -0.1) is 0 Å². The standard InChI is InChI=1S/C15H16FNO/c1-10-4-2-7-13(10)15(18)14(9-17)11-5-3-6-12(16)8-11/h3,5-6,8,10,13-14H,2,4,7H2,1H3. The van der Waals surface area contributed by atoms with Gasteiger partial charge in [0, 0.05) is 5.92 Å². The van der Waals surface area contributed by atoms with E-state index < -0.39 is 11.7 Å². The minimum Gasteiger partial charge on any atom is -0.298 e. The van der Waals surface area contributed by atoms with Crippen LogP contribution in [0.4, 0.5) is 4.39 Å². The highest BCUT2D eigenvalue weighted by Crippen LogP contribution is 2.35. The van der Waals surface area contributed by atoms with Crippen molar-refractivity contribution in [2.45, 2.75) is 32.1 Å². The minimum atomic E-state index is -0.828. The lowest BCUT2D eigenvalue weighted by Crippen LogP contribution is -2.23. The molecule has 0 heterocycles. The van der Waals surface area contributed by atoms with Crippen molar-refractivity contribution in [2.75, 3.05) is 0 Å². The Balaban J connectivity index is 2.24. The van der Waals surface area contributed by atoms with Gasteiger partial charge in [-0.3, -0.25) is 4.79 Å². The van der Waals surface area contributed by atoms with Gasteiger partial charge in [0.15, 0.2) is 5.78 Å². The van der Waals surface area contributed by atoms with Crippen LogP contribution in [-0.2, 0) is 4.79 Å². The maximum absolute atomic E-state index is 13.2. The summed E-state index contributed by atoms with van der Waals surface area (Å²) in [6.07, 6.45) is 2.93. The number of Topliss-reactive ketones (excluding diaryl/α,β-unsaturated/α-hetero) is 1. The van der Waals surface area contributed by atoms with Crippen LogP contribution >= 0.6 is 0 Å². The number of halogens is 1. The fourth-order valence-corrected chi connectivity index (χ4v) is 2.77. The molecule has 0 amide bonds. The van der Waals surface area contributed by atoms with Gasteiger partial charge in [-0.05, 0) is 36.5 Å². The van der Waals surface area contributed by atoms with E-state index in [4.69, 9.17) is 0 Å². The summed E-state index contributed by atoms with van der Waals surface area (Å²) in [5.41, 5.74) is 0.474. The van der Waals surface area contributed by atoms with Crippen molar-refractivity contribution in [3.63, 3.8) is 0 Å². The number of benzene rings is 1. The summed E-state index contributed by atoms with van der Waals surface area (Å²) < 4.78 is 13.2. The highest BCUT2D eigenvalue weighted by Gasteiger charge is 2.34. The van der Waals surface area contributed by atoms with Crippen LogP contribution in [0.1, 0.15) is 37.7 Å². The summed E-state index contributed by atoms with van der Waals surface area (Å²) in [5, 5.41) is 9.19. The molecule has 1 aliphatic rings. The van der Waals surface area contributed by atoms with Crippen LogP contribution in [0.25, 0.3) is 0 Å². The quantitative estimate of drug-likeness (QED) is 0.818. The molecule has 0 spiro atoms. The normalized spacial score (nSPS) is 24.5. The van der Waals surface area contributed by atoms with Gasteiger partial charge in [-0.25, -0.2) is 4.39 Å². The molecule has 3 heteroatoms. The van der Waals surface area contributed by atoms with Crippen molar-refractivity contribution < 1.29 is 9.18 Å². The van der Waals surface area contributed by atoms with E-state index in [2.05, 4.69) is 6.92 Å². The minimum absolute atomic E-state index is 0.0436. The molecule has 0 bridgehead atoms. The first-order valence-electron chi connectivity index (χ1n) is 6.32. The number of rotatable bonds is 3. The van der Waals surface area contributed by atoms with Gasteiger partial charge in [-0.1, -0.05) is 25.5 Å². The van der Waals surface area contributed by atoms with E-state index >= 15 is 0 Å². The second-order valence-electron chi connectivity index (χ2n) is 5.03. The third-order valence-corrected chi connectivity index (χ3v) is 3.82. The van der Waals surface area contributed by atoms with Crippen LogP contribution in [0.3, 0.4) is 0 Å². The first kappa shape index (κ1) is 12.8. The van der Waals surface area contributed by atoms with Gasteiger partial charge in [0.1, 0.15) is 11.7 Å². The van der Waals surface area contributed by atoms with E-state index in [1.54, 1.807) is 12.1 Å². The zero-order valence-corrected chi connectivity index (χ0v) is 10.4. The molecule has 0 aliphatic heterocycles. The molecule has 1 aromatic rings. The Bertz CT molecular complexity index is 492. The largest absolute Gasteiger partial charge is 0.298 e. The van der Waals surface area contributed by atoms with Gasteiger partial charge < -0.3 is 0 Å². The van der Waals surface area contributed by atoms with E-state index in [9.17, 15) is 14.4 Å². The van der Waals surface area contributed by atoms with E-state index in [-0.39, 0.29) is 11.7 Å². The molecule has 2 nitrogen and oxygen atoms in total. The fourth-order valence-electron chi connectivity index (χ4n) is 2.77. The van der Waals surface area contributed by atoms with Crippen LogP contribution in [0.15, 0.2) is 24.3 Å². The predicted octanol–water partition coefficient (Wildman–Crippen LogP) is 3.44. The average molecular weight is 245 g/mol. The zero-order valence-electron chi connectivity index (χ0n) is 10.4. The summed E-state index contributed by atoms with van der Waals surface area (Å²) in [4.78, 5) is 12.4. The van der Waals surface area contributed by atoms with Gasteiger partial charge in [0.2, 0.25) is 0 Å². The number of nitrogens with zero attached hydrogens (tertiary/aromatic N) is 1. The molecule has 18 heavy (non-hydrogen) atoms. The monoisotopic (exact) mass is 245 g/mol. The van der Waals surface area contributed by atoms with Gasteiger partial charge in [0.05, 0.1) is 6.07 Å². The smallest absolute Gasteiger partial charge is 0.157 e. The molecule has 3 unspecified atom stereocenters. The summed E-state index contributed by atoms with van der Waals surface area (Å²) in [5.74, 6) is -0.987. The molecule has 0 saturated heterocycles. The van der Waals surface area contributed by atoms with Gasteiger partial charge >= 0.3 is 0 Å². The van der Waals surface area contributed by atoms with E-state index in [0.29, 0.717) is 11.5 Å². The molecule has 1 aromatic carbocycles. The molecule has 1 aliphatic carbocycles. The van der Waals surface area contributed by atoms with Crippen LogP contribution < -0.4 is 0 Å². The first-order valence-corrected chi connectivity index (χ1v) is 6.32. The molecule has 0 N–H and O–H groups in total. The Labute approximate surface area is 106 Å². The van der Waals surface area contributed by atoms with Gasteiger partial charge in [-0.2, -0.15) is 5.26 Å². The third-order valence-electron chi connectivity index (χ3n) is 3.82. The molecular weight excluding hydrogens is 229 g/mol. The summed E-state index contributed by atoms with van der Waals surface area (Å²) >= 11 is 0. The van der Waals surface area contributed by atoms with Crippen molar-refractivity contribution in [2.24, 2.45) is 11.8 Å². The Morgan fingerprint density at radius 2 is 2.28 bits per heavy atom. The van der Waals surface area contributed by atoms with E-state index in [0.717, 1.165) is 19.3 Å². The molecule has 94 valence electrons. The first-order chi connectivity index (χ1) is 8.63. The van der Waals surface area contributed by atoms with E-state index in [1.165, 1.54) is 12.1 Å². The fraction of sp³-hybridized carbons (Fsp3) is 0.467. The van der Waals surface area contributed by atoms with Crippen molar-refractivity contribution >= 4 is 5.78 Å². The van der Waals surface area contributed by atoms with E-state index in [1.807, 2.05) is 6.07 Å². The highest BCUT2D eigenvalue weighted by atomic mass is 19.1. The molecule has 2 rings (SSSR count). The number of carbonyl (C=O) groups is 1. The molecule has 0 radical (unpaired) electrons. The van der Waals surface area contributed by atoms with Crippen molar-refractivity contribution in [1.29, 1.82) is 5.26 Å². The molecule has 0 aromatic heterocycles. The zero-order chi connectivity index (χ0) is 13.1.